The summed E-state index contributed by atoms with van der Waals surface area (Å²) in [6, 6.07) is 22.4. The van der Waals surface area contributed by atoms with Crippen LogP contribution in [0.2, 0.25) is 0 Å². The third-order valence-electron chi connectivity index (χ3n) is 8.04. The van der Waals surface area contributed by atoms with Crippen LogP contribution >= 0.6 is 0 Å². The molecule has 0 saturated heterocycles. The van der Waals surface area contributed by atoms with Crippen molar-refractivity contribution in [3.63, 3.8) is 0 Å². The van der Waals surface area contributed by atoms with E-state index in [4.69, 9.17) is 4.98 Å². The average Bonchev–Trinajstić information content (AvgIpc) is 3.59. The summed E-state index contributed by atoms with van der Waals surface area (Å²) in [5, 5.41) is 3.61. The molecule has 0 radical (unpaired) electrons. The molecule has 0 N–H and O–H groups in total. The fraction of sp³-hybridized carbons (Fsp3) is 0.0645. The molecule has 7 aromatic rings. The van der Waals surface area contributed by atoms with Crippen LogP contribution < -0.4 is 0 Å². The maximum Gasteiger partial charge on any atom is 0.146 e. The summed E-state index contributed by atoms with van der Waals surface area (Å²) < 4.78 is 2.22. The number of rotatable bonds is 0. The van der Waals surface area contributed by atoms with Crippen LogP contribution in [0.15, 0.2) is 85.5 Å². The van der Waals surface area contributed by atoms with Crippen molar-refractivity contribution in [1.82, 2.24) is 19.4 Å². The molecular weight excluding hydrogens is 428 g/mol. The first-order chi connectivity index (χ1) is 17.3. The van der Waals surface area contributed by atoms with E-state index in [2.05, 4.69) is 69.0 Å². The van der Waals surface area contributed by atoms with Gasteiger partial charge < -0.3 is 0 Å². The number of hydrogen-bond acceptors (Lipinski definition) is 3. The van der Waals surface area contributed by atoms with E-state index in [0.717, 1.165) is 35.0 Å². The van der Waals surface area contributed by atoms with Crippen LogP contribution in [0.25, 0.3) is 60.6 Å². The van der Waals surface area contributed by atoms with Crippen molar-refractivity contribution in [1.29, 1.82) is 0 Å². The minimum Gasteiger partial charge on any atom is -0.289 e. The third kappa shape index (κ3) is 2.15. The number of nitrogens with zero attached hydrogens (tertiary/aromatic N) is 4. The summed E-state index contributed by atoms with van der Waals surface area (Å²) >= 11 is 0. The molecule has 162 valence electrons. The zero-order valence-electron chi connectivity index (χ0n) is 18.8. The average molecular weight is 447 g/mol. The van der Waals surface area contributed by atoms with Crippen LogP contribution in [-0.2, 0) is 12.8 Å². The van der Waals surface area contributed by atoms with E-state index in [9.17, 15) is 0 Å². The van der Waals surface area contributed by atoms with E-state index in [1.807, 2.05) is 30.9 Å². The largest absolute Gasteiger partial charge is 0.289 e. The SMILES string of the molecule is c1ccc2c(c1)Cc1c-2ccc2c1Cc1cc3c4ccncc4n4c5cnccc5nc4c3cc1-2. The number of imidazole rings is 1. The molecule has 0 saturated carbocycles. The van der Waals surface area contributed by atoms with Crippen LogP contribution in [0, 0.1) is 0 Å². The van der Waals surface area contributed by atoms with E-state index in [-0.39, 0.29) is 0 Å². The highest BCUT2D eigenvalue weighted by molar-refractivity contribution is 6.15. The molecule has 0 amide bonds. The van der Waals surface area contributed by atoms with Gasteiger partial charge in [-0.25, -0.2) is 4.98 Å². The Labute approximate surface area is 200 Å². The van der Waals surface area contributed by atoms with Crippen LogP contribution in [0.1, 0.15) is 22.3 Å². The van der Waals surface area contributed by atoms with Crippen molar-refractivity contribution in [3.05, 3.63) is 108 Å². The fourth-order valence-electron chi connectivity index (χ4n) is 6.51. The van der Waals surface area contributed by atoms with E-state index < -0.39 is 0 Å². The highest BCUT2D eigenvalue weighted by atomic mass is 15.0. The summed E-state index contributed by atoms with van der Waals surface area (Å²) in [6.45, 7) is 0. The number of aromatic nitrogens is 4. The highest BCUT2D eigenvalue weighted by Gasteiger charge is 2.28. The van der Waals surface area contributed by atoms with Gasteiger partial charge in [0.15, 0.2) is 0 Å². The van der Waals surface area contributed by atoms with Gasteiger partial charge in [-0.2, -0.15) is 0 Å². The first kappa shape index (κ1) is 17.8. The first-order valence-corrected chi connectivity index (χ1v) is 12.0. The summed E-state index contributed by atoms with van der Waals surface area (Å²) in [6.07, 6.45) is 9.55. The molecule has 0 aliphatic heterocycles. The Hall–Kier alpha value is -4.57. The number of fused-ring (bicyclic) bond motifs is 15. The standard InChI is InChI=1S/C31H18N4/c1-2-4-19-17(3-1)11-24-20(19)5-6-21-23-14-27-26(13-18(23)12-25(21)24)22-7-9-32-15-29(22)35-30-16-33-10-8-28(30)34-31(27)35/h1-10,13-16H,11-12H2. The monoisotopic (exact) mass is 446 g/mol. The normalized spacial score (nSPS) is 13.5. The summed E-state index contributed by atoms with van der Waals surface area (Å²) in [5.74, 6) is 0. The topological polar surface area (TPSA) is 43.1 Å². The minimum absolute atomic E-state index is 0.953. The van der Waals surface area contributed by atoms with Gasteiger partial charge in [0.2, 0.25) is 0 Å². The van der Waals surface area contributed by atoms with Crippen molar-refractivity contribution in [3.8, 4) is 22.3 Å². The van der Waals surface area contributed by atoms with Crippen molar-refractivity contribution in [2.45, 2.75) is 12.8 Å². The van der Waals surface area contributed by atoms with Crippen molar-refractivity contribution < 1.29 is 0 Å². The van der Waals surface area contributed by atoms with Crippen LogP contribution in [0.3, 0.4) is 0 Å². The molecule has 4 nitrogen and oxygen atoms in total. The molecule has 0 unspecified atom stereocenters. The Kier molecular flexibility index (Phi) is 3.11. The Balaban J connectivity index is 1.38. The molecular formula is C31H18N4. The van der Waals surface area contributed by atoms with Gasteiger partial charge in [-0.15, -0.1) is 0 Å². The Morgan fingerprint density at radius 2 is 1.37 bits per heavy atom. The van der Waals surface area contributed by atoms with E-state index in [1.165, 1.54) is 60.7 Å². The number of benzene rings is 3. The predicted octanol–water partition coefficient (Wildman–Crippen LogP) is 6.73. The molecule has 4 heteroatoms. The van der Waals surface area contributed by atoms with E-state index >= 15 is 0 Å². The molecule has 3 aromatic carbocycles. The summed E-state index contributed by atoms with van der Waals surface area (Å²) in [7, 11) is 0. The lowest BCUT2D eigenvalue weighted by molar-refractivity contribution is 1.16. The molecule has 0 spiro atoms. The van der Waals surface area contributed by atoms with Crippen LogP contribution in [0.5, 0.6) is 0 Å². The molecule has 0 atom stereocenters. The Bertz CT molecular complexity index is 2070. The second-order valence-corrected chi connectivity index (χ2v) is 9.71. The van der Waals surface area contributed by atoms with Gasteiger partial charge in [0.25, 0.3) is 0 Å². The van der Waals surface area contributed by atoms with Gasteiger partial charge in [-0.1, -0.05) is 36.4 Å². The van der Waals surface area contributed by atoms with Crippen molar-refractivity contribution >= 4 is 38.4 Å². The fourth-order valence-corrected chi connectivity index (χ4v) is 6.51. The maximum absolute atomic E-state index is 5.06. The molecule has 9 rings (SSSR count). The van der Waals surface area contributed by atoms with Crippen molar-refractivity contribution in [2.24, 2.45) is 0 Å². The zero-order valence-corrected chi connectivity index (χ0v) is 18.8. The van der Waals surface area contributed by atoms with Gasteiger partial charge in [0.05, 0.1) is 28.9 Å². The number of hydrogen-bond donors (Lipinski definition) is 0. The Morgan fingerprint density at radius 3 is 2.29 bits per heavy atom. The minimum atomic E-state index is 0.953. The summed E-state index contributed by atoms with van der Waals surface area (Å²) in [4.78, 5) is 13.9. The second-order valence-electron chi connectivity index (χ2n) is 9.71. The molecule has 0 bridgehead atoms. The zero-order chi connectivity index (χ0) is 22.7. The molecule has 2 aliphatic carbocycles. The van der Waals surface area contributed by atoms with E-state index in [1.54, 1.807) is 0 Å². The number of pyridine rings is 3. The lowest BCUT2D eigenvalue weighted by Gasteiger charge is -2.11. The lowest BCUT2D eigenvalue weighted by Crippen LogP contribution is -1.94. The molecule has 35 heavy (non-hydrogen) atoms. The molecule has 4 aromatic heterocycles. The van der Waals surface area contributed by atoms with Crippen LogP contribution in [-0.4, -0.2) is 19.4 Å². The Morgan fingerprint density at radius 1 is 0.600 bits per heavy atom. The first-order valence-electron chi connectivity index (χ1n) is 12.0. The molecule has 2 aliphatic rings. The smallest absolute Gasteiger partial charge is 0.146 e. The van der Waals surface area contributed by atoms with Gasteiger partial charge in [-0.05, 0) is 87.0 Å². The highest BCUT2D eigenvalue weighted by Crippen LogP contribution is 2.48. The van der Waals surface area contributed by atoms with Gasteiger partial charge in [0, 0.05) is 23.2 Å². The van der Waals surface area contributed by atoms with Crippen molar-refractivity contribution in [2.75, 3.05) is 0 Å². The van der Waals surface area contributed by atoms with Gasteiger partial charge >= 0.3 is 0 Å². The van der Waals surface area contributed by atoms with Gasteiger partial charge in [-0.3, -0.25) is 14.4 Å². The lowest BCUT2D eigenvalue weighted by atomic mass is 9.96. The third-order valence-corrected chi connectivity index (χ3v) is 8.04. The van der Waals surface area contributed by atoms with Gasteiger partial charge in [0.1, 0.15) is 5.65 Å². The molecule has 4 heterocycles. The maximum atomic E-state index is 5.06. The molecule has 0 fully saturated rings. The quantitative estimate of drug-likeness (QED) is 0.243. The second kappa shape index (κ2) is 6.10. The summed E-state index contributed by atoms with van der Waals surface area (Å²) in [5.41, 5.74) is 15.3. The van der Waals surface area contributed by atoms with Crippen LogP contribution in [0.4, 0.5) is 0 Å². The predicted molar refractivity (Wildman–Crippen MR) is 140 cm³/mol. The van der Waals surface area contributed by atoms with E-state index in [0.29, 0.717) is 0 Å².